The molecule has 0 aromatic heterocycles. The van der Waals surface area contributed by atoms with Crippen molar-refractivity contribution in [3.05, 3.63) is 0 Å². The summed E-state index contributed by atoms with van der Waals surface area (Å²) in [7, 11) is 0. The Morgan fingerprint density at radius 1 is 1.53 bits per heavy atom. The molecule has 0 aromatic rings. The van der Waals surface area contributed by atoms with Gasteiger partial charge in [0.2, 0.25) is 0 Å². The van der Waals surface area contributed by atoms with Gasteiger partial charge in [-0.05, 0) is 31.1 Å². The number of amidine groups is 1. The number of aliphatic imine (C=N–C) groups is 1. The zero-order valence-corrected chi connectivity index (χ0v) is 9.59. The van der Waals surface area contributed by atoms with Crippen molar-refractivity contribution in [3.63, 3.8) is 0 Å². The third-order valence-corrected chi connectivity index (χ3v) is 2.21. The summed E-state index contributed by atoms with van der Waals surface area (Å²) in [6, 6.07) is -0.831. The van der Waals surface area contributed by atoms with E-state index in [4.69, 9.17) is 28.8 Å². The molecule has 0 radical (unpaired) electrons. The molecule has 0 bridgehead atoms. The minimum Gasteiger partial charge on any atom is -0.480 e. The second kappa shape index (κ2) is 7.30. The standard InChI is InChI=1S/C9H17N3O2S/c1-6(10)12-5-4-7(15)2-3-8(11)9(13)14/h8H,2-5,11H2,1H3,(H2,10,12)(H,13,14). The number of carboxylic acids is 1. The second-order valence-electron chi connectivity index (χ2n) is 3.30. The summed E-state index contributed by atoms with van der Waals surface area (Å²) in [6.07, 6.45) is 1.57. The summed E-state index contributed by atoms with van der Waals surface area (Å²) in [4.78, 5) is 15.2. The van der Waals surface area contributed by atoms with E-state index >= 15 is 0 Å². The van der Waals surface area contributed by atoms with Gasteiger partial charge >= 0.3 is 5.97 Å². The Bertz CT molecular complexity index is 262. The highest BCUT2D eigenvalue weighted by atomic mass is 32.1. The van der Waals surface area contributed by atoms with Gasteiger partial charge in [-0.15, -0.1) is 0 Å². The molecule has 0 heterocycles. The number of nitrogens with two attached hydrogens (primary N) is 2. The molecular weight excluding hydrogens is 214 g/mol. The van der Waals surface area contributed by atoms with Crippen molar-refractivity contribution in [1.82, 2.24) is 0 Å². The number of hydrogen-bond acceptors (Lipinski definition) is 4. The van der Waals surface area contributed by atoms with Crippen LogP contribution in [0.3, 0.4) is 0 Å². The number of thiocarbonyl (C=S) groups is 1. The second-order valence-corrected chi connectivity index (χ2v) is 3.87. The van der Waals surface area contributed by atoms with Crippen molar-refractivity contribution >= 4 is 28.9 Å². The molecule has 5 N–H and O–H groups in total. The summed E-state index contributed by atoms with van der Waals surface area (Å²) in [5.41, 5.74) is 10.7. The maximum Gasteiger partial charge on any atom is 0.320 e. The lowest BCUT2D eigenvalue weighted by molar-refractivity contribution is -0.138. The average molecular weight is 231 g/mol. The third-order valence-electron chi connectivity index (χ3n) is 1.80. The quantitative estimate of drug-likeness (QED) is 0.332. The minimum absolute atomic E-state index is 0.374. The molecule has 0 aliphatic rings. The van der Waals surface area contributed by atoms with Crippen molar-refractivity contribution in [2.24, 2.45) is 16.5 Å². The molecule has 0 aliphatic heterocycles. The monoisotopic (exact) mass is 231 g/mol. The number of hydrogen-bond donors (Lipinski definition) is 3. The lowest BCUT2D eigenvalue weighted by atomic mass is 10.1. The van der Waals surface area contributed by atoms with Crippen molar-refractivity contribution in [2.75, 3.05) is 6.54 Å². The van der Waals surface area contributed by atoms with Crippen LogP contribution in [0.4, 0.5) is 0 Å². The molecule has 1 atom stereocenters. The zero-order valence-electron chi connectivity index (χ0n) is 8.77. The fourth-order valence-electron chi connectivity index (χ4n) is 0.922. The molecule has 6 heteroatoms. The van der Waals surface area contributed by atoms with Gasteiger partial charge in [0.1, 0.15) is 6.04 Å². The van der Waals surface area contributed by atoms with Crippen LogP contribution in [0.25, 0.3) is 0 Å². The smallest absolute Gasteiger partial charge is 0.320 e. The summed E-state index contributed by atoms with van der Waals surface area (Å²) >= 11 is 5.05. The Labute approximate surface area is 94.5 Å². The van der Waals surface area contributed by atoms with Crippen LogP contribution >= 0.6 is 12.2 Å². The molecule has 15 heavy (non-hydrogen) atoms. The first-order chi connectivity index (χ1) is 6.93. The van der Waals surface area contributed by atoms with Crippen LogP contribution in [0.2, 0.25) is 0 Å². The van der Waals surface area contributed by atoms with Crippen molar-refractivity contribution in [2.45, 2.75) is 32.2 Å². The van der Waals surface area contributed by atoms with Gasteiger partial charge in [-0.1, -0.05) is 12.2 Å². The molecule has 0 aliphatic carbocycles. The van der Waals surface area contributed by atoms with E-state index in [-0.39, 0.29) is 0 Å². The maximum absolute atomic E-state index is 10.4. The van der Waals surface area contributed by atoms with Gasteiger partial charge in [0.25, 0.3) is 0 Å². The van der Waals surface area contributed by atoms with Crippen LogP contribution in [0, 0.1) is 0 Å². The van der Waals surface area contributed by atoms with E-state index in [9.17, 15) is 4.79 Å². The number of carboxylic acid groups (broad SMARTS) is 1. The minimum atomic E-state index is -0.992. The highest BCUT2D eigenvalue weighted by Crippen LogP contribution is 2.01. The van der Waals surface area contributed by atoms with Gasteiger partial charge in [-0.25, -0.2) is 0 Å². The summed E-state index contributed by atoms with van der Waals surface area (Å²) in [5, 5.41) is 8.54. The van der Waals surface area contributed by atoms with Gasteiger partial charge < -0.3 is 16.6 Å². The molecule has 0 fully saturated rings. The Kier molecular flexibility index (Phi) is 6.81. The van der Waals surface area contributed by atoms with Crippen LogP contribution in [0.1, 0.15) is 26.2 Å². The zero-order chi connectivity index (χ0) is 11.8. The molecular formula is C9H17N3O2S. The SMILES string of the molecule is CC(N)=NCCC(=S)CCC(N)C(=O)O. The number of rotatable bonds is 7. The first-order valence-corrected chi connectivity index (χ1v) is 5.11. The predicted molar refractivity (Wildman–Crippen MR) is 64.2 cm³/mol. The van der Waals surface area contributed by atoms with E-state index in [2.05, 4.69) is 4.99 Å². The summed E-state index contributed by atoms with van der Waals surface area (Å²) < 4.78 is 0. The Morgan fingerprint density at radius 2 is 2.13 bits per heavy atom. The van der Waals surface area contributed by atoms with Crippen LogP contribution in [0.15, 0.2) is 4.99 Å². The van der Waals surface area contributed by atoms with E-state index in [1.807, 2.05) is 0 Å². The Balaban J connectivity index is 3.67. The van der Waals surface area contributed by atoms with Gasteiger partial charge in [0.05, 0.1) is 5.84 Å². The fraction of sp³-hybridized carbons (Fsp3) is 0.667. The normalized spacial score (nSPS) is 13.6. The molecule has 0 rings (SSSR count). The average Bonchev–Trinajstić information content (AvgIpc) is 2.13. The van der Waals surface area contributed by atoms with E-state index in [1.165, 1.54) is 0 Å². The number of aliphatic carboxylic acids is 1. The molecule has 5 nitrogen and oxygen atoms in total. The van der Waals surface area contributed by atoms with Crippen LogP contribution in [-0.4, -0.2) is 34.4 Å². The van der Waals surface area contributed by atoms with Crippen molar-refractivity contribution in [1.29, 1.82) is 0 Å². The van der Waals surface area contributed by atoms with E-state index in [1.54, 1.807) is 6.92 Å². The van der Waals surface area contributed by atoms with E-state index < -0.39 is 12.0 Å². The summed E-state index contributed by atoms with van der Waals surface area (Å²) in [5.74, 6) is -0.464. The molecule has 0 aromatic carbocycles. The van der Waals surface area contributed by atoms with Crippen LogP contribution in [-0.2, 0) is 4.79 Å². The predicted octanol–water partition coefficient (Wildman–Crippen LogP) is 0.316. The Hall–Kier alpha value is -1.01. The maximum atomic E-state index is 10.4. The first-order valence-electron chi connectivity index (χ1n) is 4.70. The highest BCUT2D eigenvalue weighted by Gasteiger charge is 2.11. The first kappa shape index (κ1) is 14.0. The van der Waals surface area contributed by atoms with Crippen molar-refractivity contribution in [3.8, 4) is 0 Å². The molecule has 0 amide bonds. The van der Waals surface area contributed by atoms with Gasteiger partial charge in [0, 0.05) is 6.54 Å². The molecule has 0 saturated carbocycles. The van der Waals surface area contributed by atoms with Crippen LogP contribution in [0.5, 0.6) is 0 Å². The lowest BCUT2D eigenvalue weighted by Crippen LogP contribution is -2.30. The molecule has 1 unspecified atom stereocenters. The third kappa shape index (κ3) is 8.02. The molecule has 0 spiro atoms. The molecule has 86 valence electrons. The fourth-order valence-corrected chi connectivity index (χ4v) is 1.13. The topological polar surface area (TPSA) is 102 Å². The number of carbonyl (C=O) groups is 1. The lowest BCUT2D eigenvalue weighted by Gasteiger charge is -2.06. The largest absolute Gasteiger partial charge is 0.480 e. The van der Waals surface area contributed by atoms with E-state index in [0.29, 0.717) is 31.6 Å². The molecule has 0 saturated heterocycles. The number of nitrogens with zero attached hydrogens (tertiary/aromatic N) is 1. The van der Waals surface area contributed by atoms with Gasteiger partial charge in [-0.2, -0.15) is 0 Å². The Morgan fingerprint density at radius 3 is 2.60 bits per heavy atom. The van der Waals surface area contributed by atoms with Crippen molar-refractivity contribution < 1.29 is 9.90 Å². The highest BCUT2D eigenvalue weighted by molar-refractivity contribution is 7.80. The van der Waals surface area contributed by atoms with E-state index in [0.717, 1.165) is 4.86 Å². The van der Waals surface area contributed by atoms with Gasteiger partial charge in [-0.3, -0.25) is 9.79 Å². The van der Waals surface area contributed by atoms with Crippen LogP contribution < -0.4 is 11.5 Å². The summed E-state index contributed by atoms with van der Waals surface area (Å²) in [6.45, 7) is 2.27. The van der Waals surface area contributed by atoms with Gasteiger partial charge in [0.15, 0.2) is 0 Å².